The van der Waals surface area contributed by atoms with Crippen LogP contribution in [0.3, 0.4) is 0 Å². The molecule has 1 atom stereocenters. The van der Waals surface area contributed by atoms with Crippen LogP contribution in [0.2, 0.25) is 0 Å². The lowest BCUT2D eigenvalue weighted by atomic mass is 10.1. The molecule has 0 aliphatic rings. The molecule has 0 aliphatic carbocycles. The second-order valence-corrected chi connectivity index (χ2v) is 5.22. The highest BCUT2D eigenvalue weighted by Gasteiger charge is 2.18. The first-order chi connectivity index (χ1) is 9.49. The molecule has 8 heteroatoms. The highest BCUT2D eigenvalue weighted by molar-refractivity contribution is 14.1. The molecule has 1 amide bonds. The van der Waals surface area contributed by atoms with Crippen LogP contribution in [0.5, 0.6) is 0 Å². The third-order valence-electron chi connectivity index (χ3n) is 2.59. The molecule has 0 saturated heterocycles. The number of non-ortho nitro benzene ring substituents is 1. The van der Waals surface area contributed by atoms with E-state index >= 15 is 0 Å². The van der Waals surface area contributed by atoms with Gasteiger partial charge in [0.2, 0.25) is 0 Å². The lowest BCUT2D eigenvalue weighted by Crippen LogP contribution is -2.39. The summed E-state index contributed by atoms with van der Waals surface area (Å²) in [4.78, 5) is 22.3. The topological polar surface area (TPSA) is 102 Å². The van der Waals surface area contributed by atoms with Crippen molar-refractivity contribution in [1.82, 2.24) is 5.32 Å². The van der Waals surface area contributed by atoms with Crippen molar-refractivity contribution in [3.63, 3.8) is 0 Å². The van der Waals surface area contributed by atoms with Crippen molar-refractivity contribution in [2.45, 2.75) is 12.5 Å². The number of nitrogens with one attached hydrogen (secondary N) is 1. The first-order valence-corrected chi connectivity index (χ1v) is 6.92. The van der Waals surface area contributed by atoms with E-state index in [1.54, 1.807) is 0 Å². The molecule has 0 bridgehead atoms. The molecule has 1 unspecified atom stereocenters. The fourth-order valence-corrected chi connectivity index (χ4v) is 2.20. The number of methoxy groups -OCH3 is 1. The monoisotopic (exact) mass is 394 g/mol. The second-order valence-electron chi connectivity index (χ2n) is 4.06. The van der Waals surface area contributed by atoms with Crippen LogP contribution in [0.1, 0.15) is 16.8 Å². The van der Waals surface area contributed by atoms with Gasteiger partial charge in [-0.2, -0.15) is 0 Å². The average Bonchev–Trinajstić information content (AvgIpc) is 2.39. The van der Waals surface area contributed by atoms with Gasteiger partial charge in [-0.25, -0.2) is 0 Å². The standard InChI is InChI=1S/C12H15IN2O5/c1-20-7-8(4-5-16)14-12(17)10-6-9(15(18)19)2-3-11(10)13/h2-3,6,8,16H,4-5,7H2,1H3,(H,14,17). The summed E-state index contributed by atoms with van der Waals surface area (Å²) in [5, 5.41) is 22.3. The molecule has 0 saturated carbocycles. The quantitative estimate of drug-likeness (QED) is 0.413. The van der Waals surface area contributed by atoms with Crippen LogP contribution in [-0.2, 0) is 4.74 Å². The van der Waals surface area contributed by atoms with Crippen molar-refractivity contribution in [3.05, 3.63) is 37.4 Å². The van der Waals surface area contributed by atoms with Crippen LogP contribution >= 0.6 is 22.6 Å². The van der Waals surface area contributed by atoms with Crippen molar-refractivity contribution in [1.29, 1.82) is 0 Å². The number of hydrogen-bond acceptors (Lipinski definition) is 5. The van der Waals surface area contributed by atoms with Crippen molar-refractivity contribution in [2.75, 3.05) is 20.3 Å². The minimum Gasteiger partial charge on any atom is -0.396 e. The molecule has 0 spiro atoms. The number of amides is 1. The Kier molecular flexibility index (Phi) is 6.82. The number of carbonyl (C=O) groups is 1. The lowest BCUT2D eigenvalue weighted by molar-refractivity contribution is -0.384. The smallest absolute Gasteiger partial charge is 0.270 e. The van der Waals surface area contributed by atoms with Crippen LogP contribution in [-0.4, -0.2) is 42.3 Å². The van der Waals surface area contributed by atoms with Crippen molar-refractivity contribution < 1.29 is 19.6 Å². The summed E-state index contributed by atoms with van der Waals surface area (Å²) in [5.74, 6) is -0.423. The minimum atomic E-state index is -0.548. The summed E-state index contributed by atoms with van der Waals surface area (Å²) >= 11 is 1.94. The predicted octanol–water partition coefficient (Wildman–Crippen LogP) is 1.33. The van der Waals surface area contributed by atoms with Crippen molar-refractivity contribution in [3.8, 4) is 0 Å². The number of aliphatic hydroxyl groups excluding tert-OH is 1. The molecule has 20 heavy (non-hydrogen) atoms. The Labute approximate surface area is 129 Å². The number of nitro groups is 1. The fourth-order valence-electron chi connectivity index (χ4n) is 1.62. The van der Waals surface area contributed by atoms with Crippen LogP contribution in [0.25, 0.3) is 0 Å². The van der Waals surface area contributed by atoms with E-state index in [0.717, 1.165) is 0 Å². The van der Waals surface area contributed by atoms with E-state index in [2.05, 4.69) is 5.32 Å². The van der Waals surface area contributed by atoms with Gasteiger partial charge in [0.05, 0.1) is 23.1 Å². The maximum absolute atomic E-state index is 12.1. The van der Waals surface area contributed by atoms with E-state index < -0.39 is 10.8 Å². The van der Waals surface area contributed by atoms with Crippen LogP contribution in [0.15, 0.2) is 18.2 Å². The molecule has 2 N–H and O–H groups in total. The van der Waals surface area contributed by atoms with E-state index in [1.807, 2.05) is 22.6 Å². The largest absolute Gasteiger partial charge is 0.396 e. The molecular formula is C12H15IN2O5. The Morgan fingerprint density at radius 1 is 1.60 bits per heavy atom. The van der Waals surface area contributed by atoms with Gasteiger partial charge in [-0.15, -0.1) is 0 Å². The number of rotatable bonds is 7. The number of hydrogen-bond donors (Lipinski definition) is 2. The maximum Gasteiger partial charge on any atom is 0.270 e. The Bertz CT molecular complexity index is 489. The summed E-state index contributed by atoms with van der Waals surface area (Å²) < 4.78 is 5.57. The van der Waals surface area contributed by atoms with E-state index in [9.17, 15) is 14.9 Å². The van der Waals surface area contributed by atoms with E-state index in [-0.39, 0.29) is 30.5 Å². The summed E-state index contributed by atoms with van der Waals surface area (Å²) in [5.41, 5.74) is 0.0971. The van der Waals surface area contributed by atoms with Gasteiger partial charge in [0, 0.05) is 29.4 Å². The number of nitrogens with zero attached hydrogens (tertiary/aromatic N) is 1. The van der Waals surface area contributed by atoms with Gasteiger partial charge in [0.15, 0.2) is 0 Å². The Hall–Kier alpha value is -1.26. The SMILES string of the molecule is COCC(CCO)NC(=O)c1cc([N+](=O)[O-])ccc1I. The van der Waals surface area contributed by atoms with Gasteiger partial charge in [0.1, 0.15) is 0 Å². The Morgan fingerprint density at radius 2 is 2.30 bits per heavy atom. The van der Waals surface area contributed by atoms with E-state index in [1.165, 1.54) is 25.3 Å². The van der Waals surface area contributed by atoms with Crippen LogP contribution in [0, 0.1) is 13.7 Å². The average molecular weight is 394 g/mol. The number of halogens is 1. The molecule has 0 aromatic heterocycles. The number of ether oxygens (including phenoxy) is 1. The summed E-state index contributed by atoms with van der Waals surface area (Å²) in [6, 6.07) is 3.76. The van der Waals surface area contributed by atoms with E-state index in [4.69, 9.17) is 9.84 Å². The summed E-state index contributed by atoms with van der Waals surface area (Å²) in [6.07, 6.45) is 0.352. The normalized spacial score (nSPS) is 11.9. The molecule has 0 fully saturated rings. The molecule has 7 nitrogen and oxygen atoms in total. The molecule has 1 aromatic rings. The summed E-state index contributed by atoms with van der Waals surface area (Å²) in [7, 11) is 1.49. The van der Waals surface area contributed by atoms with Gasteiger partial charge < -0.3 is 15.2 Å². The van der Waals surface area contributed by atoms with Gasteiger partial charge in [-0.3, -0.25) is 14.9 Å². The molecule has 0 aliphatic heterocycles. The highest BCUT2D eigenvalue weighted by atomic mass is 127. The first-order valence-electron chi connectivity index (χ1n) is 5.84. The second kappa shape index (κ2) is 8.12. The van der Waals surface area contributed by atoms with Crippen molar-refractivity contribution >= 4 is 34.2 Å². The van der Waals surface area contributed by atoms with Gasteiger partial charge >= 0.3 is 0 Å². The molecule has 0 radical (unpaired) electrons. The molecule has 0 heterocycles. The van der Waals surface area contributed by atoms with E-state index in [0.29, 0.717) is 9.99 Å². The third kappa shape index (κ3) is 4.69. The van der Waals surface area contributed by atoms with Gasteiger partial charge in [0.25, 0.3) is 11.6 Å². The predicted molar refractivity (Wildman–Crippen MR) is 80.6 cm³/mol. The van der Waals surface area contributed by atoms with Crippen LogP contribution < -0.4 is 5.32 Å². The molecule has 110 valence electrons. The van der Waals surface area contributed by atoms with Gasteiger partial charge in [-0.05, 0) is 35.1 Å². The number of carbonyl (C=O) groups excluding carboxylic acids is 1. The van der Waals surface area contributed by atoms with Gasteiger partial charge in [-0.1, -0.05) is 0 Å². The Morgan fingerprint density at radius 3 is 2.85 bits per heavy atom. The molecular weight excluding hydrogens is 379 g/mol. The molecule has 1 aromatic carbocycles. The number of aliphatic hydroxyl groups is 1. The zero-order valence-electron chi connectivity index (χ0n) is 10.8. The lowest BCUT2D eigenvalue weighted by Gasteiger charge is -2.17. The zero-order valence-corrected chi connectivity index (χ0v) is 13.0. The summed E-state index contributed by atoms with van der Waals surface area (Å²) in [6.45, 7) is 0.179. The highest BCUT2D eigenvalue weighted by Crippen LogP contribution is 2.19. The zero-order chi connectivity index (χ0) is 15.1. The van der Waals surface area contributed by atoms with Crippen LogP contribution in [0.4, 0.5) is 5.69 Å². The Balaban J connectivity index is 2.90. The first kappa shape index (κ1) is 16.8. The van der Waals surface area contributed by atoms with Crippen molar-refractivity contribution in [2.24, 2.45) is 0 Å². The molecule has 1 rings (SSSR count). The number of nitro benzene ring substituents is 1. The maximum atomic E-state index is 12.1. The number of benzene rings is 1. The third-order valence-corrected chi connectivity index (χ3v) is 3.53. The minimum absolute atomic E-state index is 0.0830. The fraction of sp³-hybridized carbons (Fsp3) is 0.417.